The zero-order chi connectivity index (χ0) is 20.3. The Hall–Kier alpha value is -2.14. The molecule has 2 aromatic rings. The minimum absolute atomic E-state index is 0.0945. The van der Waals surface area contributed by atoms with E-state index >= 15 is 0 Å². The predicted octanol–water partition coefficient (Wildman–Crippen LogP) is 3.02. The Morgan fingerprint density at radius 3 is 2.39 bits per heavy atom. The fourth-order valence-electron chi connectivity index (χ4n) is 2.89. The lowest BCUT2D eigenvalue weighted by Crippen LogP contribution is -2.52. The number of halogens is 3. The van der Waals surface area contributed by atoms with Crippen LogP contribution < -0.4 is 0 Å². The minimum Gasteiger partial charge on any atom is -0.338 e. The number of hydrogen-bond donors (Lipinski definition) is 0. The van der Waals surface area contributed by atoms with Crippen LogP contribution in [-0.4, -0.2) is 63.2 Å². The summed E-state index contributed by atoms with van der Waals surface area (Å²) in [5.41, 5.74) is 0.276. The molecule has 1 aromatic heterocycles. The topological polar surface area (TPSA) is 66.4 Å². The molecular weight excluding hydrogens is 413 g/mol. The van der Waals surface area contributed by atoms with Gasteiger partial charge in [0.05, 0.1) is 16.4 Å². The molecule has 28 heavy (non-hydrogen) atoms. The van der Waals surface area contributed by atoms with Crippen LogP contribution in [-0.2, 0) is 11.0 Å². The van der Waals surface area contributed by atoms with E-state index in [-0.39, 0.29) is 42.9 Å². The van der Waals surface area contributed by atoms with Crippen LogP contribution in [0.25, 0.3) is 0 Å². The quantitative estimate of drug-likeness (QED) is 0.698. The Morgan fingerprint density at radius 2 is 1.79 bits per heavy atom. The third-order valence-electron chi connectivity index (χ3n) is 4.31. The first kappa shape index (κ1) is 20.6. The molecule has 3 rings (SSSR count). The van der Waals surface area contributed by atoms with Gasteiger partial charge >= 0.3 is 6.18 Å². The molecule has 0 spiro atoms. The number of amides is 2. The third kappa shape index (κ3) is 4.64. The molecule has 0 saturated carbocycles. The normalized spacial score (nSPS) is 16.1. The fraction of sp³-hybridized carbons (Fsp3) is 0.412. The van der Waals surface area contributed by atoms with E-state index in [1.807, 2.05) is 0 Å². The van der Waals surface area contributed by atoms with E-state index in [1.165, 1.54) is 46.2 Å². The summed E-state index contributed by atoms with van der Waals surface area (Å²) in [4.78, 5) is 28.1. The SMILES string of the molecule is C[C@H](Sc1nncs1)C(=O)N1CCN(C(=O)c2ccccc2C(F)(F)F)CC1. The third-order valence-corrected chi connectivity index (χ3v) is 6.21. The molecule has 2 amide bonds. The summed E-state index contributed by atoms with van der Waals surface area (Å²) >= 11 is 2.65. The number of carbonyl (C=O) groups excluding carboxylic acids is 2. The molecule has 0 aliphatic carbocycles. The van der Waals surface area contributed by atoms with E-state index in [0.29, 0.717) is 4.34 Å². The zero-order valence-corrected chi connectivity index (χ0v) is 16.5. The van der Waals surface area contributed by atoms with Gasteiger partial charge in [0.2, 0.25) is 5.91 Å². The van der Waals surface area contributed by atoms with Gasteiger partial charge in [-0.1, -0.05) is 35.2 Å². The van der Waals surface area contributed by atoms with Crippen molar-refractivity contribution in [2.24, 2.45) is 0 Å². The molecule has 11 heteroatoms. The first-order valence-electron chi connectivity index (χ1n) is 8.44. The van der Waals surface area contributed by atoms with Gasteiger partial charge in [-0.25, -0.2) is 0 Å². The summed E-state index contributed by atoms with van der Waals surface area (Å²) < 4.78 is 40.2. The number of thioether (sulfide) groups is 1. The van der Waals surface area contributed by atoms with Crippen molar-refractivity contribution in [1.82, 2.24) is 20.0 Å². The van der Waals surface area contributed by atoms with Gasteiger partial charge in [-0.2, -0.15) is 13.2 Å². The molecule has 0 N–H and O–H groups in total. The molecule has 1 aromatic carbocycles. The number of alkyl halides is 3. The number of rotatable bonds is 4. The Bertz CT molecular complexity index is 837. The van der Waals surface area contributed by atoms with Gasteiger partial charge in [-0.05, 0) is 19.1 Å². The van der Waals surface area contributed by atoms with Gasteiger partial charge in [0.15, 0.2) is 4.34 Å². The van der Waals surface area contributed by atoms with Crippen molar-refractivity contribution >= 4 is 34.9 Å². The Balaban J connectivity index is 1.61. The molecule has 1 aliphatic rings. The summed E-state index contributed by atoms with van der Waals surface area (Å²) in [6.07, 6.45) is -4.60. The van der Waals surface area contributed by atoms with E-state index in [2.05, 4.69) is 10.2 Å². The summed E-state index contributed by atoms with van der Waals surface area (Å²) in [5, 5.41) is 7.26. The van der Waals surface area contributed by atoms with Crippen LogP contribution >= 0.6 is 23.1 Å². The minimum atomic E-state index is -4.60. The second-order valence-electron chi connectivity index (χ2n) is 6.13. The average molecular weight is 430 g/mol. The van der Waals surface area contributed by atoms with Gasteiger partial charge in [0.25, 0.3) is 5.91 Å². The standard InChI is InChI=1S/C17H17F3N4O2S2/c1-11(28-16-22-21-10-27-16)14(25)23-6-8-24(9-7-23)15(26)12-4-2-3-5-13(12)17(18,19)20/h2-5,10-11H,6-9H2,1H3/t11-/m0/s1. The van der Waals surface area contributed by atoms with Crippen LogP contribution in [0.3, 0.4) is 0 Å². The lowest BCUT2D eigenvalue weighted by Gasteiger charge is -2.36. The van der Waals surface area contributed by atoms with Crippen molar-refractivity contribution in [3.8, 4) is 0 Å². The maximum Gasteiger partial charge on any atom is 0.417 e. The summed E-state index contributed by atoms with van der Waals surface area (Å²) in [6, 6.07) is 4.75. The van der Waals surface area contributed by atoms with Crippen LogP contribution in [0, 0.1) is 0 Å². The molecular formula is C17H17F3N4O2S2. The van der Waals surface area contributed by atoms with E-state index in [9.17, 15) is 22.8 Å². The molecule has 1 fully saturated rings. The summed E-state index contributed by atoms with van der Waals surface area (Å²) in [5.74, 6) is -0.765. The lowest BCUT2D eigenvalue weighted by atomic mass is 10.1. The molecule has 1 saturated heterocycles. The first-order valence-corrected chi connectivity index (χ1v) is 10.2. The highest BCUT2D eigenvalue weighted by Gasteiger charge is 2.36. The smallest absolute Gasteiger partial charge is 0.338 e. The number of piperazine rings is 1. The second kappa shape index (κ2) is 8.48. The van der Waals surface area contributed by atoms with Crippen molar-refractivity contribution in [3.05, 3.63) is 40.9 Å². The van der Waals surface area contributed by atoms with Gasteiger partial charge < -0.3 is 9.80 Å². The molecule has 2 heterocycles. The van der Waals surface area contributed by atoms with Crippen LogP contribution in [0.5, 0.6) is 0 Å². The summed E-state index contributed by atoms with van der Waals surface area (Å²) in [7, 11) is 0. The van der Waals surface area contributed by atoms with Gasteiger partial charge in [-0.3, -0.25) is 9.59 Å². The molecule has 0 unspecified atom stereocenters. The monoisotopic (exact) mass is 430 g/mol. The van der Waals surface area contributed by atoms with E-state index in [4.69, 9.17) is 0 Å². The Labute approximate surface area is 167 Å². The highest BCUT2D eigenvalue weighted by Crippen LogP contribution is 2.32. The van der Waals surface area contributed by atoms with Crippen molar-refractivity contribution in [2.45, 2.75) is 22.7 Å². The Kier molecular flexibility index (Phi) is 6.23. The molecule has 6 nitrogen and oxygen atoms in total. The van der Waals surface area contributed by atoms with Crippen LogP contribution in [0.1, 0.15) is 22.8 Å². The highest BCUT2D eigenvalue weighted by atomic mass is 32.2. The van der Waals surface area contributed by atoms with E-state index in [1.54, 1.807) is 17.3 Å². The number of benzene rings is 1. The molecule has 150 valence electrons. The lowest BCUT2D eigenvalue weighted by molar-refractivity contribution is -0.138. The van der Waals surface area contributed by atoms with Crippen molar-refractivity contribution in [2.75, 3.05) is 26.2 Å². The highest BCUT2D eigenvalue weighted by molar-refractivity contribution is 8.02. The van der Waals surface area contributed by atoms with Crippen LogP contribution in [0.4, 0.5) is 13.2 Å². The fourth-order valence-corrected chi connectivity index (χ4v) is 4.60. The molecule has 1 aliphatic heterocycles. The summed E-state index contributed by atoms with van der Waals surface area (Å²) in [6.45, 7) is 2.70. The maximum absolute atomic E-state index is 13.2. The zero-order valence-electron chi connectivity index (χ0n) is 14.8. The van der Waals surface area contributed by atoms with Gasteiger partial charge in [0.1, 0.15) is 5.51 Å². The number of aromatic nitrogens is 2. The van der Waals surface area contributed by atoms with E-state index in [0.717, 1.165) is 6.07 Å². The van der Waals surface area contributed by atoms with Gasteiger partial charge in [-0.15, -0.1) is 10.2 Å². The average Bonchev–Trinajstić information content (AvgIpc) is 3.19. The number of hydrogen-bond acceptors (Lipinski definition) is 6. The largest absolute Gasteiger partial charge is 0.417 e. The van der Waals surface area contributed by atoms with Crippen molar-refractivity contribution in [1.29, 1.82) is 0 Å². The second-order valence-corrected chi connectivity index (χ2v) is 8.55. The van der Waals surface area contributed by atoms with Crippen molar-refractivity contribution in [3.63, 3.8) is 0 Å². The Morgan fingerprint density at radius 1 is 1.14 bits per heavy atom. The van der Waals surface area contributed by atoms with Crippen LogP contribution in [0.2, 0.25) is 0 Å². The maximum atomic E-state index is 13.2. The number of nitrogens with zero attached hydrogens (tertiary/aromatic N) is 4. The molecule has 1 atom stereocenters. The number of carbonyl (C=O) groups is 2. The van der Waals surface area contributed by atoms with Gasteiger partial charge in [0, 0.05) is 26.2 Å². The first-order chi connectivity index (χ1) is 13.3. The van der Waals surface area contributed by atoms with Crippen molar-refractivity contribution < 1.29 is 22.8 Å². The molecule has 0 radical (unpaired) electrons. The molecule has 0 bridgehead atoms. The predicted molar refractivity (Wildman–Crippen MR) is 99.2 cm³/mol. The van der Waals surface area contributed by atoms with E-state index < -0.39 is 17.6 Å². The van der Waals surface area contributed by atoms with Crippen LogP contribution in [0.15, 0.2) is 34.1 Å².